The van der Waals surface area contributed by atoms with Crippen LogP contribution < -0.4 is 15.8 Å². The molecule has 1 unspecified atom stereocenters. The molecule has 1 atom stereocenters. The van der Waals surface area contributed by atoms with Crippen LogP contribution in [0.1, 0.15) is 27.0 Å². The third kappa shape index (κ3) is 3.76. The Morgan fingerprint density at radius 1 is 1.38 bits per heavy atom. The Kier molecular flexibility index (Phi) is 4.85. The van der Waals surface area contributed by atoms with Crippen LogP contribution in [0.25, 0.3) is 0 Å². The van der Waals surface area contributed by atoms with Crippen LogP contribution in [-0.4, -0.2) is 19.1 Å². The monoisotopic (exact) mass is 304 g/mol. The molecular weight excluding hydrogens is 284 g/mol. The van der Waals surface area contributed by atoms with Gasteiger partial charge in [-0.25, -0.2) is 0 Å². The molecule has 112 valence electrons. The molecule has 3 N–H and O–H groups in total. The number of anilines is 1. The van der Waals surface area contributed by atoms with Crippen molar-refractivity contribution in [1.29, 1.82) is 0 Å². The van der Waals surface area contributed by atoms with Crippen LogP contribution in [0.3, 0.4) is 0 Å². The summed E-state index contributed by atoms with van der Waals surface area (Å²) in [6.45, 7) is 4.06. The van der Waals surface area contributed by atoms with E-state index in [9.17, 15) is 4.79 Å². The second-order valence-corrected chi connectivity index (χ2v) is 6.39. The summed E-state index contributed by atoms with van der Waals surface area (Å²) in [6.07, 6.45) is 0.805. The zero-order valence-electron chi connectivity index (χ0n) is 12.5. The third-order valence-electron chi connectivity index (χ3n) is 3.19. The van der Waals surface area contributed by atoms with E-state index in [1.54, 1.807) is 29.5 Å². The maximum Gasteiger partial charge on any atom is 0.257 e. The number of ether oxygens (including phenoxy) is 1. The summed E-state index contributed by atoms with van der Waals surface area (Å²) in [5.74, 6) is 0.289. The van der Waals surface area contributed by atoms with Crippen LogP contribution in [0.2, 0.25) is 0 Å². The molecule has 1 amide bonds. The number of nitrogens with two attached hydrogens (primary N) is 1. The van der Waals surface area contributed by atoms with Gasteiger partial charge < -0.3 is 15.8 Å². The van der Waals surface area contributed by atoms with E-state index in [4.69, 9.17) is 10.5 Å². The van der Waals surface area contributed by atoms with E-state index in [0.29, 0.717) is 17.0 Å². The first-order chi connectivity index (χ1) is 10.0. The fourth-order valence-corrected chi connectivity index (χ4v) is 3.22. The lowest BCUT2D eigenvalue weighted by Crippen LogP contribution is -2.34. The predicted octanol–water partition coefficient (Wildman–Crippen LogP) is 3.01. The number of amides is 1. The summed E-state index contributed by atoms with van der Waals surface area (Å²) in [5.41, 5.74) is 6.71. The first-order valence-corrected chi connectivity index (χ1v) is 7.61. The van der Waals surface area contributed by atoms with Gasteiger partial charge in [0.15, 0.2) is 0 Å². The van der Waals surface area contributed by atoms with E-state index in [2.05, 4.69) is 24.4 Å². The second-order valence-electron chi connectivity index (χ2n) is 5.02. The summed E-state index contributed by atoms with van der Waals surface area (Å²) in [5, 5.41) is 2.98. The maximum atomic E-state index is 12.4. The number of hydrogen-bond acceptors (Lipinski definition) is 4. The van der Waals surface area contributed by atoms with Gasteiger partial charge in [0.1, 0.15) is 11.3 Å². The lowest BCUT2D eigenvalue weighted by molar-refractivity contribution is 0.0938. The van der Waals surface area contributed by atoms with Crippen LogP contribution in [-0.2, 0) is 6.42 Å². The molecule has 1 aromatic carbocycles. The Morgan fingerprint density at radius 3 is 2.76 bits per heavy atom. The molecule has 0 saturated carbocycles. The highest BCUT2D eigenvalue weighted by Crippen LogP contribution is 2.24. The van der Waals surface area contributed by atoms with Crippen molar-refractivity contribution in [1.82, 2.24) is 5.32 Å². The molecule has 4 nitrogen and oxygen atoms in total. The number of rotatable bonds is 5. The smallest absolute Gasteiger partial charge is 0.257 e. The zero-order valence-corrected chi connectivity index (χ0v) is 13.3. The summed E-state index contributed by atoms with van der Waals surface area (Å²) >= 11 is 1.75. The number of nitrogen functional groups attached to an aromatic ring is 1. The van der Waals surface area contributed by atoms with Gasteiger partial charge in [0.25, 0.3) is 5.91 Å². The predicted molar refractivity (Wildman–Crippen MR) is 87.1 cm³/mol. The zero-order chi connectivity index (χ0) is 15.4. The van der Waals surface area contributed by atoms with Gasteiger partial charge in [-0.2, -0.15) is 0 Å². The van der Waals surface area contributed by atoms with Crippen LogP contribution >= 0.6 is 11.3 Å². The number of nitrogens with one attached hydrogen (secondary N) is 1. The summed E-state index contributed by atoms with van der Waals surface area (Å²) in [4.78, 5) is 14.9. The second kappa shape index (κ2) is 6.63. The topological polar surface area (TPSA) is 64.3 Å². The Hall–Kier alpha value is -2.01. The highest BCUT2D eigenvalue weighted by atomic mass is 32.1. The van der Waals surface area contributed by atoms with Crippen LogP contribution in [0, 0.1) is 6.92 Å². The minimum Gasteiger partial charge on any atom is -0.496 e. The largest absolute Gasteiger partial charge is 0.496 e. The molecule has 0 fully saturated rings. The number of carbonyl (C=O) groups excluding carboxylic acids is 1. The number of methoxy groups -OCH3 is 1. The lowest BCUT2D eigenvalue weighted by Gasteiger charge is -2.16. The highest BCUT2D eigenvalue weighted by Gasteiger charge is 2.17. The average Bonchev–Trinajstić information content (AvgIpc) is 2.83. The number of hydrogen-bond donors (Lipinski definition) is 2. The van der Waals surface area contributed by atoms with Crippen molar-refractivity contribution in [2.24, 2.45) is 0 Å². The van der Waals surface area contributed by atoms with Crippen molar-refractivity contribution < 1.29 is 9.53 Å². The molecule has 21 heavy (non-hydrogen) atoms. The van der Waals surface area contributed by atoms with Gasteiger partial charge in [0.05, 0.1) is 7.11 Å². The van der Waals surface area contributed by atoms with E-state index < -0.39 is 0 Å². The van der Waals surface area contributed by atoms with Crippen molar-refractivity contribution in [2.45, 2.75) is 26.3 Å². The molecule has 0 aliphatic heterocycles. The van der Waals surface area contributed by atoms with E-state index in [0.717, 1.165) is 6.42 Å². The van der Waals surface area contributed by atoms with E-state index in [1.807, 2.05) is 6.92 Å². The quantitative estimate of drug-likeness (QED) is 0.835. The SMILES string of the molecule is COc1cccc(N)c1C(=O)NC(C)Cc1ccc(C)s1. The Bertz CT molecular complexity index is 637. The average molecular weight is 304 g/mol. The highest BCUT2D eigenvalue weighted by molar-refractivity contribution is 7.11. The number of aryl methyl sites for hydroxylation is 1. The summed E-state index contributed by atoms with van der Waals surface area (Å²) in [6, 6.07) is 9.42. The normalized spacial score (nSPS) is 12.0. The lowest BCUT2D eigenvalue weighted by atomic mass is 10.1. The van der Waals surface area contributed by atoms with Crippen LogP contribution in [0.15, 0.2) is 30.3 Å². The number of carbonyl (C=O) groups is 1. The fourth-order valence-electron chi connectivity index (χ4n) is 2.20. The molecule has 0 radical (unpaired) electrons. The van der Waals surface area contributed by atoms with Crippen molar-refractivity contribution in [3.8, 4) is 5.75 Å². The number of thiophene rings is 1. The first kappa shape index (κ1) is 15.4. The van der Waals surface area contributed by atoms with Crippen molar-refractivity contribution in [2.75, 3.05) is 12.8 Å². The molecule has 1 heterocycles. The summed E-state index contributed by atoms with van der Waals surface area (Å²) < 4.78 is 5.21. The van der Waals surface area contributed by atoms with E-state index >= 15 is 0 Å². The van der Waals surface area contributed by atoms with Gasteiger partial charge in [-0.05, 0) is 38.1 Å². The van der Waals surface area contributed by atoms with Gasteiger partial charge in [0, 0.05) is 27.9 Å². The first-order valence-electron chi connectivity index (χ1n) is 6.80. The molecule has 2 aromatic rings. The molecular formula is C16H20N2O2S. The number of benzene rings is 1. The third-order valence-corrected chi connectivity index (χ3v) is 4.21. The standard InChI is InChI=1S/C16H20N2O2S/c1-10(9-12-8-7-11(2)21-12)18-16(19)15-13(17)5-4-6-14(15)20-3/h4-8,10H,9,17H2,1-3H3,(H,18,19). The summed E-state index contributed by atoms with van der Waals surface area (Å²) in [7, 11) is 1.53. The van der Waals surface area contributed by atoms with E-state index in [-0.39, 0.29) is 11.9 Å². The fraction of sp³-hybridized carbons (Fsp3) is 0.312. The van der Waals surface area contributed by atoms with E-state index in [1.165, 1.54) is 16.9 Å². The molecule has 1 aromatic heterocycles. The van der Waals surface area contributed by atoms with Gasteiger partial charge in [-0.3, -0.25) is 4.79 Å². The van der Waals surface area contributed by atoms with Crippen molar-refractivity contribution in [3.63, 3.8) is 0 Å². The minimum atomic E-state index is -0.203. The van der Waals surface area contributed by atoms with Gasteiger partial charge in [-0.15, -0.1) is 11.3 Å². The van der Waals surface area contributed by atoms with Gasteiger partial charge in [0.2, 0.25) is 0 Å². The molecule has 0 bridgehead atoms. The van der Waals surface area contributed by atoms with Gasteiger partial charge in [-0.1, -0.05) is 6.07 Å². The van der Waals surface area contributed by atoms with Crippen molar-refractivity contribution in [3.05, 3.63) is 45.6 Å². The Labute approximate surface area is 128 Å². The minimum absolute atomic E-state index is 0.0277. The molecule has 5 heteroatoms. The van der Waals surface area contributed by atoms with Crippen molar-refractivity contribution >= 4 is 22.9 Å². The molecule has 0 saturated heterocycles. The van der Waals surface area contributed by atoms with Gasteiger partial charge >= 0.3 is 0 Å². The molecule has 0 aliphatic carbocycles. The molecule has 0 aliphatic rings. The molecule has 2 rings (SSSR count). The Balaban J connectivity index is 2.07. The Morgan fingerprint density at radius 2 is 2.14 bits per heavy atom. The van der Waals surface area contributed by atoms with Crippen LogP contribution in [0.5, 0.6) is 5.75 Å². The maximum absolute atomic E-state index is 12.4. The molecule has 0 spiro atoms. The van der Waals surface area contributed by atoms with Crippen LogP contribution in [0.4, 0.5) is 5.69 Å².